The first kappa shape index (κ1) is 21.8. The van der Waals surface area contributed by atoms with Crippen LogP contribution in [-0.4, -0.2) is 19.5 Å². The van der Waals surface area contributed by atoms with Crippen LogP contribution in [0.25, 0.3) is 93.0 Å². The minimum atomic E-state index is -0.596. The van der Waals surface area contributed by atoms with Crippen LogP contribution in [0.15, 0.2) is 157 Å². The molecule has 0 bridgehead atoms. The van der Waals surface area contributed by atoms with E-state index in [1.165, 1.54) is 27.6 Å². The summed E-state index contributed by atoms with van der Waals surface area (Å²) >= 11 is 1.58. The summed E-state index contributed by atoms with van der Waals surface area (Å²) < 4.78 is 88.8. The third kappa shape index (κ3) is 4.51. The van der Waals surface area contributed by atoms with Gasteiger partial charge in [0.05, 0.1) is 30.4 Å². The summed E-state index contributed by atoms with van der Waals surface area (Å²) in [5.41, 5.74) is 7.96. The molecule has 0 spiro atoms. The van der Waals surface area contributed by atoms with Crippen molar-refractivity contribution in [1.29, 1.82) is 0 Å². The Hall–Kier alpha value is -6.43. The van der Waals surface area contributed by atoms with Gasteiger partial charge in [0.1, 0.15) is 0 Å². The predicted octanol–water partition coefficient (Wildman–Crippen LogP) is 12.6. The fourth-order valence-corrected chi connectivity index (χ4v) is 9.17. The van der Waals surface area contributed by atoms with Crippen LogP contribution in [0.3, 0.4) is 0 Å². The lowest BCUT2D eigenvalue weighted by atomic mass is 9.82. The van der Waals surface area contributed by atoms with Crippen molar-refractivity contribution in [3.05, 3.63) is 169 Å². The minimum absolute atomic E-state index is 0.0210. The minimum Gasteiger partial charge on any atom is -0.309 e. The van der Waals surface area contributed by atoms with E-state index in [2.05, 4.69) is 112 Å². The molecular formula is C48H32N4S. The summed E-state index contributed by atoms with van der Waals surface area (Å²) in [6, 6.07) is 28.0. The Morgan fingerprint density at radius 3 is 1.96 bits per heavy atom. The molecule has 3 heterocycles. The maximum atomic E-state index is 8.71. The maximum Gasteiger partial charge on any atom is 0.164 e. The molecule has 0 unspecified atom stereocenters. The second-order valence-corrected chi connectivity index (χ2v) is 14.8. The van der Waals surface area contributed by atoms with Gasteiger partial charge in [-0.05, 0) is 58.7 Å². The Morgan fingerprint density at radius 2 is 1.21 bits per heavy atom. The molecule has 0 atom stereocenters. The Kier molecular flexibility index (Phi) is 4.65. The lowest BCUT2D eigenvalue weighted by Crippen LogP contribution is -2.14. The predicted molar refractivity (Wildman–Crippen MR) is 221 cm³/mol. The summed E-state index contributed by atoms with van der Waals surface area (Å²) in [5.74, 6) is -0.588. The van der Waals surface area contributed by atoms with Gasteiger partial charge in [0.2, 0.25) is 0 Å². The van der Waals surface area contributed by atoms with Crippen molar-refractivity contribution >= 4 is 53.3 Å². The largest absolute Gasteiger partial charge is 0.309 e. The molecule has 7 aromatic carbocycles. The number of fused-ring (bicyclic) bond motifs is 9. The molecule has 0 fully saturated rings. The highest BCUT2D eigenvalue weighted by atomic mass is 32.1. The maximum absolute atomic E-state index is 8.71. The third-order valence-electron chi connectivity index (χ3n) is 10.4. The van der Waals surface area contributed by atoms with Crippen molar-refractivity contribution < 1.29 is 13.7 Å². The quantitative estimate of drug-likeness (QED) is 0.183. The molecule has 4 nitrogen and oxygen atoms in total. The Balaban J connectivity index is 1.14. The number of rotatable bonds is 4. The monoisotopic (exact) mass is 706 g/mol. The van der Waals surface area contributed by atoms with Gasteiger partial charge in [-0.3, -0.25) is 0 Å². The average Bonchev–Trinajstić information content (AvgIpc) is 3.90. The fourth-order valence-electron chi connectivity index (χ4n) is 8.01. The topological polar surface area (TPSA) is 43.6 Å². The Bertz CT molecular complexity index is 3540. The van der Waals surface area contributed by atoms with E-state index in [4.69, 9.17) is 13.7 Å². The zero-order chi connectivity index (χ0) is 44.0. The van der Waals surface area contributed by atoms with Gasteiger partial charge < -0.3 is 4.57 Å². The molecule has 10 aromatic rings. The van der Waals surface area contributed by atoms with Gasteiger partial charge in [0, 0.05) is 53.1 Å². The molecule has 0 amide bonds. The fraction of sp³-hybridized carbons (Fsp3) is 0.0625. The van der Waals surface area contributed by atoms with Crippen LogP contribution >= 0.6 is 11.3 Å². The van der Waals surface area contributed by atoms with Gasteiger partial charge in [0.25, 0.3) is 0 Å². The Labute approximate surface area is 324 Å². The van der Waals surface area contributed by atoms with Gasteiger partial charge in [-0.1, -0.05) is 135 Å². The standard InChI is InChI=1S/C48H32N4S/c1-48(2)37-20-11-9-18-32(37)35-28-41-36(27-38(35)48)33-19-10-12-21-39(33)52(41)40-22-13-23-42-44(40)34-25-24-31(26-43(34)53-42)47-50-45(29-14-5-3-6-15-29)49-46(51-47)30-16-7-4-8-17-30/h3-28H,1-2H3/i3D,4D,5D,6D,7D,8D,14D,15D,16D,17D. The van der Waals surface area contributed by atoms with E-state index in [1.807, 2.05) is 18.2 Å². The number of hydrogen-bond acceptors (Lipinski definition) is 4. The van der Waals surface area contributed by atoms with Gasteiger partial charge in [-0.15, -0.1) is 11.3 Å². The summed E-state index contributed by atoms with van der Waals surface area (Å²) in [4.78, 5) is 13.7. The second kappa shape index (κ2) is 11.3. The van der Waals surface area contributed by atoms with E-state index < -0.39 is 60.4 Å². The van der Waals surface area contributed by atoms with E-state index in [0.29, 0.717) is 5.56 Å². The van der Waals surface area contributed by atoms with Gasteiger partial charge in [-0.2, -0.15) is 0 Å². The van der Waals surface area contributed by atoms with Crippen molar-refractivity contribution in [1.82, 2.24) is 19.5 Å². The SMILES string of the molecule is [2H]c1c([2H])c([2H])c(-c2nc(-c3ccc4c(c3)sc3cccc(-n5c6ccccc6c6cc7c(cc65)-c5ccccc5C7(C)C)c34)nc(-c3c([2H])c([2H])c([2H])c([2H])c3[2H])n2)c([2H])c1[2H]. The summed E-state index contributed by atoms with van der Waals surface area (Å²) in [7, 11) is 0. The first-order chi connectivity index (χ1) is 30.2. The number of para-hydroxylation sites is 1. The molecule has 53 heavy (non-hydrogen) atoms. The molecule has 0 saturated heterocycles. The molecule has 0 aliphatic heterocycles. The zero-order valence-corrected chi connectivity index (χ0v) is 29.3. The second-order valence-electron chi connectivity index (χ2n) is 13.7. The van der Waals surface area contributed by atoms with Crippen molar-refractivity contribution in [2.45, 2.75) is 19.3 Å². The highest BCUT2D eigenvalue weighted by molar-refractivity contribution is 7.26. The van der Waals surface area contributed by atoms with E-state index in [9.17, 15) is 0 Å². The van der Waals surface area contributed by atoms with Crippen molar-refractivity contribution in [2.75, 3.05) is 0 Å². The molecule has 1 aliphatic rings. The van der Waals surface area contributed by atoms with Crippen molar-refractivity contribution in [2.24, 2.45) is 0 Å². The number of thiophene rings is 1. The van der Waals surface area contributed by atoms with Crippen molar-refractivity contribution in [3.8, 4) is 51.0 Å². The highest BCUT2D eigenvalue weighted by Gasteiger charge is 2.36. The van der Waals surface area contributed by atoms with Crippen LogP contribution in [0.4, 0.5) is 0 Å². The van der Waals surface area contributed by atoms with Crippen molar-refractivity contribution in [3.63, 3.8) is 0 Å². The van der Waals surface area contributed by atoms with Crippen LogP contribution in [0.5, 0.6) is 0 Å². The number of hydrogen-bond donors (Lipinski definition) is 0. The van der Waals surface area contributed by atoms with E-state index >= 15 is 0 Å². The molecule has 250 valence electrons. The van der Waals surface area contributed by atoms with Gasteiger partial charge in [-0.25, -0.2) is 15.0 Å². The first-order valence-electron chi connectivity index (χ1n) is 22.2. The van der Waals surface area contributed by atoms with Crippen LogP contribution in [0.2, 0.25) is 0 Å². The molecule has 0 radical (unpaired) electrons. The lowest BCUT2D eigenvalue weighted by Gasteiger charge is -2.21. The first-order valence-corrected chi connectivity index (χ1v) is 18.0. The van der Waals surface area contributed by atoms with E-state index in [0.717, 1.165) is 42.3 Å². The van der Waals surface area contributed by atoms with Gasteiger partial charge in [0.15, 0.2) is 17.5 Å². The molecule has 1 aliphatic carbocycles. The molecule has 0 saturated carbocycles. The molecule has 3 aromatic heterocycles. The summed E-state index contributed by atoms with van der Waals surface area (Å²) in [6.45, 7) is 4.58. The zero-order valence-electron chi connectivity index (χ0n) is 38.4. The third-order valence-corrected chi connectivity index (χ3v) is 11.6. The number of benzene rings is 7. The smallest absolute Gasteiger partial charge is 0.164 e. The normalized spacial score (nSPS) is 15.9. The molecule has 11 rings (SSSR count). The lowest BCUT2D eigenvalue weighted by molar-refractivity contribution is 0.661. The highest BCUT2D eigenvalue weighted by Crippen LogP contribution is 2.51. The van der Waals surface area contributed by atoms with Crippen LogP contribution in [0, 0.1) is 0 Å². The molecule has 0 N–H and O–H groups in total. The number of nitrogens with zero attached hydrogens (tertiary/aromatic N) is 4. The van der Waals surface area contributed by atoms with Gasteiger partial charge >= 0.3 is 0 Å². The van der Waals surface area contributed by atoms with E-state index in [-0.39, 0.29) is 34.0 Å². The van der Waals surface area contributed by atoms with E-state index in [1.54, 1.807) is 11.3 Å². The molecule has 5 heteroatoms. The van der Waals surface area contributed by atoms with Crippen LogP contribution in [-0.2, 0) is 5.41 Å². The average molecular weight is 707 g/mol. The van der Waals surface area contributed by atoms with Crippen LogP contribution in [0.1, 0.15) is 38.7 Å². The van der Waals surface area contributed by atoms with Crippen LogP contribution < -0.4 is 0 Å². The molecular weight excluding hydrogens is 665 g/mol. The Morgan fingerprint density at radius 1 is 0.528 bits per heavy atom. The number of aromatic nitrogens is 4. The summed E-state index contributed by atoms with van der Waals surface area (Å²) in [6.07, 6.45) is 0. The summed E-state index contributed by atoms with van der Waals surface area (Å²) in [5, 5.41) is 4.34.